The quantitative estimate of drug-likeness (QED) is 0.297. The van der Waals surface area contributed by atoms with Crippen LogP contribution in [0.5, 0.6) is 0 Å². The van der Waals surface area contributed by atoms with E-state index in [-0.39, 0.29) is 0 Å². The number of thioether (sulfide) groups is 1. The summed E-state index contributed by atoms with van der Waals surface area (Å²) in [6.45, 7) is 3.69. The number of rotatable bonds is 8. The number of carbonyl (C=O) groups is 3. The van der Waals surface area contributed by atoms with E-state index < -0.39 is 47.8 Å². The molecule has 3 aromatic rings. The number of carbonyl (C=O) groups excluding carboxylic acids is 3. The zero-order valence-electron chi connectivity index (χ0n) is 20.5. The minimum atomic E-state index is -1.11. The lowest BCUT2D eigenvalue weighted by Crippen LogP contribution is -2.60. The molecule has 1 aliphatic rings. The third-order valence-electron chi connectivity index (χ3n) is 5.82. The molecular formula is C29H28O7S. The number of benzene rings is 3. The molecule has 8 heteroatoms. The summed E-state index contributed by atoms with van der Waals surface area (Å²) >= 11 is 1.41. The van der Waals surface area contributed by atoms with E-state index >= 15 is 0 Å². The number of hydrogen-bond acceptors (Lipinski definition) is 8. The van der Waals surface area contributed by atoms with Gasteiger partial charge in [0.05, 0.1) is 22.8 Å². The maximum atomic E-state index is 13.1. The van der Waals surface area contributed by atoms with Gasteiger partial charge in [0.2, 0.25) is 0 Å². The topological polar surface area (TPSA) is 88.1 Å². The second kappa shape index (κ2) is 12.6. The van der Waals surface area contributed by atoms with Crippen molar-refractivity contribution in [2.24, 2.45) is 0 Å². The standard InChI is InChI=1S/C29H28O7S/c1-3-37-29-25(36-28(32)22-17-11-6-12-18-22)24(35-27(31)21-15-9-5-10-16-21)23(19(2)33-29)34-26(30)20-13-7-4-8-14-20/h4-19,23-25,29H,3H2,1-2H3/t19-,23-,24+,25-,29+/m1/s1. The third-order valence-corrected chi connectivity index (χ3v) is 6.86. The van der Waals surface area contributed by atoms with Crippen molar-refractivity contribution in [3.63, 3.8) is 0 Å². The second-order valence-corrected chi connectivity index (χ2v) is 9.75. The SMILES string of the molecule is CCS[C@@H]1O[C@H](C)[C@@H](OC(=O)c2ccccc2)[C@H](OC(=O)c2ccccc2)[C@H]1OC(=O)c1ccccc1. The van der Waals surface area contributed by atoms with Crippen LogP contribution in [0.15, 0.2) is 91.0 Å². The van der Waals surface area contributed by atoms with Gasteiger partial charge in [-0.1, -0.05) is 61.5 Å². The van der Waals surface area contributed by atoms with E-state index in [0.717, 1.165) is 0 Å². The van der Waals surface area contributed by atoms with Crippen molar-refractivity contribution in [2.45, 2.75) is 43.7 Å². The highest BCUT2D eigenvalue weighted by molar-refractivity contribution is 7.99. The Bertz CT molecular complexity index is 1190. The van der Waals surface area contributed by atoms with Crippen LogP contribution >= 0.6 is 11.8 Å². The normalized spacial score (nSPS) is 23.0. The smallest absolute Gasteiger partial charge is 0.338 e. The average Bonchev–Trinajstić information content (AvgIpc) is 2.94. The van der Waals surface area contributed by atoms with Gasteiger partial charge in [-0.2, -0.15) is 0 Å². The summed E-state index contributed by atoms with van der Waals surface area (Å²) in [7, 11) is 0. The Morgan fingerprint density at radius 2 is 1.03 bits per heavy atom. The van der Waals surface area contributed by atoms with Gasteiger partial charge in [0.1, 0.15) is 5.44 Å². The first-order valence-electron chi connectivity index (χ1n) is 12.0. The van der Waals surface area contributed by atoms with Crippen LogP contribution in [0.25, 0.3) is 0 Å². The summed E-state index contributed by atoms with van der Waals surface area (Å²) in [5, 5.41) is 0. The van der Waals surface area contributed by atoms with Crippen molar-refractivity contribution >= 4 is 29.7 Å². The molecule has 4 rings (SSSR count). The summed E-state index contributed by atoms with van der Waals surface area (Å²) in [5.74, 6) is -1.16. The van der Waals surface area contributed by atoms with E-state index in [1.807, 2.05) is 6.92 Å². The summed E-state index contributed by atoms with van der Waals surface area (Å²) < 4.78 is 23.8. The summed E-state index contributed by atoms with van der Waals surface area (Å²) in [6, 6.07) is 25.5. The van der Waals surface area contributed by atoms with Crippen molar-refractivity contribution in [3.05, 3.63) is 108 Å². The van der Waals surface area contributed by atoms with Crippen LogP contribution in [-0.2, 0) is 18.9 Å². The zero-order valence-corrected chi connectivity index (χ0v) is 21.3. The molecule has 0 unspecified atom stereocenters. The van der Waals surface area contributed by atoms with Crippen molar-refractivity contribution in [1.82, 2.24) is 0 Å². The molecule has 1 saturated heterocycles. The molecular weight excluding hydrogens is 492 g/mol. The Kier molecular flexibility index (Phi) is 8.98. The fourth-order valence-corrected chi connectivity index (χ4v) is 4.97. The van der Waals surface area contributed by atoms with Gasteiger partial charge in [-0.3, -0.25) is 0 Å². The second-order valence-electron chi connectivity index (χ2n) is 8.37. The van der Waals surface area contributed by atoms with E-state index in [4.69, 9.17) is 18.9 Å². The molecule has 0 aromatic heterocycles. The lowest BCUT2D eigenvalue weighted by molar-refractivity contribution is -0.195. The molecule has 0 radical (unpaired) electrons. The highest BCUT2D eigenvalue weighted by atomic mass is 32.2. The molecule has 0 spiro atoms. The highest BCUT2D eigenvalue weighted by Crippen LogP contribution is 2.35. The summed E-state index contributed by atoms with van der Waals surface area (Å²) in [4.78, 5) is 39.2. The van der Waals surface area contributed by atoms with E-state index in [9.17, 15) is 14.4 Å². The third kappa shape index (κ3) is 6.58. The van der Waals surface area contributed by atoms with Gasteiger partial charge < -0.3 is 18.9 Å². The molecule has 1 fully saturated rings. The highest BCUT2D eigenvalue weighted by Gasteiger charge is 2.51. The predicted molar refractivity (Wildman–Crippen MR) is 139 cm³/mol. The van der Waals surface area contributed by atoms with Gasteiger partial charge >= 0.3 is 17.9 Å². The van der Waals surface area contributed by atoms with Gasteiger partial charge in [-0.25, -0.2) is 14.4 Å². The van der Waals surface area contributed by atoms with Gasteiger partial charge in [-0.05, 0) is 49.1 Å². The van der Waals surface area contributed by atoms with Crippen molar-refractivity contribution in [2.75, 3.05) is 5.75 Å². The molecule has 1 heterocycles. The van der Waals surface area contributed by atoms with Crippen molar-refractivity contribution in [3.8, 4) is 0 Å². The van der Waals surface area contributed by atoms with Crippen LogP contribution in [0.3, 0.4) is 0 Å². The average molecular weight is 521 g/mol. The lowest BCUT2D eigenvalue weighted by Gasteiger charge is -2.43. The molecule has 0 N–H and O–H groups in total. The fourth-order valence-electron chi connectivity index (χ4n) is 3.99. The molecule has 7 nitrogen and oxygen atoms in total. The minimum Gasteiger partial charge on any atom is -0.452 e. The first kappa shape index (κ1) is 26.4. The van der Waals surface area contributed by atoms with E-state index in [2.05, 4.69) is 0 Å². The van der Waals surface area contributed by atoms with Gasteiger partial charge in [0.25, 0.3) is 0 Å². The van der Waals surface area contributed by atoms with Crippen molar-refractivity contribution < 1.29 is 33.3 Å². The van der Waals surface area contributed by atoms with Gasteiger partial charge in [-0.15, -0.1) is 11.8 Å². The molecule has 5 atom stereocenters. The maximum Gasteiger partial charge on any atom is 0.338 e. The molecule has 3 aromatic carbocycles. The summed E-state index contributed by atoms with van der Waals surface area (Å²) in [6.07, 6.45) is -3.81. The van der Waals surface area contributed by atoms with Gasteiger partial charge in [0.15, 0.2) is 18.3 Å². The Balaban J connectivity index is 1.67. The van der Waals surface area contributed by atoms with Crippen LogP contribution in [0.2, 0.25) is 0 Å². The first-order valence-corrected chi connectivity index (χ1v) is 13.1. The molecule has 1 aliphatic heterocycles. The Morgan fingerprint density at radius 1 is 0.649 bits per heavy atom. The fraction of sp³-hybridized carbons (Fsp3) is 0.276. The van der Waals surface area contributed by atoms with Crippen LogP contribution in [0.4, 0.5) is 0 Å². The maximum absolute atomic E-state index is 13.1. The predicted octanol–water partition coefficient (Wildman–Crippen LogP) is 5.16. The number of hydrogen-bond donors (Lipinski definition) is 0. The zero-order chi connectivity index (χ0) is 26.2. The van der Waals surface area contributed by atoms with Crippen LogP contribution in [0.1, 0.15) is 44.9 Å². The van der Waals surface area contributed by atoms with E-state index in [1.54, 1.807) is 97.9 Å². The number of esters is 3. The molecule has 0 amide bonds. The molecule has 0 bridgehead atoms. The van der Waals surface area contributed by atoms with Crippen LogP contribution in [0, 0.1) is 0 Å². The number of ether oxygens (including phenoxy) is 4. The van der Waals surface area contributed by atoms with E-state index in [1.165, 1.54) is 11.8 Å². The van der Waals surface area contributed by atoms with Crippen LogP contribution < -0.4 is 0 Å². The van der Waals surface area contributed by atoms with Crippen LogP contribution in [-0.4, -0.2) is 53.5 Å². The molecule has 0 aliphatic carbocycles. The Morgan fingerprint density at radius 3 is 1.43 bits per heavy atom. The Labute approximate surface area is 220 Å². The lowest BCUT2D eigenvalue weighted by atomic mass is 9.99. The van der Waals surface area contributed by atoms with Crippen molar-refractivity contribution in [1.29, 1.82) is 0 Å². The van der Waals surface area contributed by atoms with Gasteiger partial charge in [0, 0.05) is 0 Å². The Hall–Kier alpha value is -3.62. The first-order chi connectivity index (χ1) is 18.0. The largest absolute Gasteiger partial charge is 0.452 e. The molecule has 37 heavy (non-hydrogen) atoms. The van der Waals surface area contributed by atoms with E-state index in [0.29, 0.717) is 22.4 Å². The minimum absolute atomic E-state index is 0.322. The molecule has 192 valence electrons. The molecule has 0 saturated carbocycles. The summed E-state index contributed by atoms with van der Waals surface area (Å²) in [5.41, 5.74) is 0.355. The monoisotopic (exact) mass is 520 g/mol.